The Kier molecular flexibility index (Phi) is 9.82. The van der Waals surface area contributed by atoms with E-state index in [2.05, 4.69) is 5.32 Å². The lowest BCUT2D eigenvalue weighted by molar-refractivity contribution is -0.140. The Balaban J connectivity index is 2.14. The topological polar surface area (TPSA) is 86.8 Å². The molecule has 2 rings (SSSR count). The summed E-state index contributed by atoms with van der Waals surface area (Å²) in [6, 6.07) is 14.6. The van der Waals surface area contributed by atoms with Crippen LogP contribution in [0.15, 0.2) is 54.6 Å². The molecule has 0 saturated heterocycles. The minimum atomic E-state index is -3.75. The fourth-order valence-corrected chi connectivity index (χ4v) is 4.65. The van der Waals surface area contributed by atoms with E-state index in [1.54, 1.807) is 13.0 Å². The van der Waals surface area contributed by atoms with Crippen LogP contribution in [0.2, 0.25) is 0 Å². The van der Waals surface area contributed by atoms with Crippen LogP contribution in [0, 0.1) is 5.82 Å². The third-order valence-corrected chi connectivity index (χ3v) is 6.60. The van der Waals surface area contributed by atoms with Gasteiger partial charge in [-0.1, -0.05) is 42.5 Å². The quantitative estimate of drug-likeness (QED) is 0.504. The molecule has 2 aromatic carbocycles. The molecule has 0 aliphatic heterocycles. The molecule has 0 fully saturated rings. The number of halogens is 1. The van der Waals surface area contributed by atoms with Gasteiger partial charge in [-0.3, -0.25) is 13.9 Å². The summed E-state index contributed by atoms with van der Waals surface area (Å²) in [5.41, 5.74) is 0.535. The zero-order chi connectivity index (χ0) is 26.2. The van der Waals surface area contributed by atoms with Crippen LogP contribution in [-0.2, 0) is 26.0 Å². The monoisotopic (exact) mass is 505 g/mol. The van der Waals surface area contributed by atoms with Gasteiger partial charge < -0.3 is 10.2 Å². The smallest absolute Gasteiger partial charge is 0.242 e. The normalized spacial score (nSPS) is 12.6. The van der Waals surface area contributed by atoms with E-state index >= 15 is 0 Å². The predicted octanol–water partition coefficient (Wildman–Crippen LogP) is 3.75. The summed E-state index contributed by atoms with van der Waals surface area (Å²) < 4.78 is 39.8. The number of hydrogen-bond acceptors (Lipinski definition) is 4. The van der Waals surface area contributed by atoms with Gasteiger partial charge in [-0.05, 0) is 58.2 Å². The summed E-state index contributed by atoms with van der Waals surface area (Å²) in [5.74, 6) is -1.18. The zero-order valence-corrected chi connectivity index (χ0v) is 21.9. The number of carbonyl (C=O) groups is 2. The molecular weight excluding hydrogens is 469 g/mol. The van der Waals surface area contributed by atoms with Crippen LogP contribution in [0.5, 0.6) is 0 Å². The van der Waals surface area contributed by atoms with Crippen molar-refractivity contribution in [2.24, 2.45) is 0 Å². The van der Waals surface area contributed by atoms with Gasteiger partial charge in [0.1, 0.15) is 11.9 Å². The molecule has 7 nitrogen and oxygen atoms in total. The van der Waals surface area contributed by atoms with Crippen molar-refractivity contribution in [2.45, 2.75) is 58.5 Å². The van der Waals surface area contributed by atoms with Crippen molar-refractivity contribution < 1.29 is 22.4 Å². The van der Waals surface area contributed by atoms with Crippen LogP contribution in [0.3, 0.4) is 0 Å². The summed E-state index contributed by atoms with van der Waals surface area (Å²) in [6.07, 6.45) is 1.77. The molecule has 0 saturated carbocycles. The van der Waals surface area contributed by atoms with Gasteiger partial charge in [0.05, 0.1) is 11.9 Å². The van der Waals surface area contributed by atoms with E-state index in [-0.39, 0.29) is 36.9 Å². The maximum atomic E-state index is 14.2. The number of sulfonamides is 1. The van der Waals surface area contributed by atoms with Crippen molar-refractivity contribution in [2.75, 3.05) is 23.7 Å². The highest BCUT2D eigenvalue weighted by molar-refractivity contribution is 7.92. The Morgan fingerprint density at radius 3 is 2.17 bits per heavy atom. The highest BCUT2D eigenvalue weighted by Crippen LogP contribution is 2.22. The highest BCUT2D eigenvalue weighted by Gasteiger charge is 2.28. The summed E-state index contributed by atoms with van der Waals surface area (Å²) in [4.78, 5) is 27.6. The van der Waals surface area contributed by atoms with Gasteiger partial charge in [0.2, 0.25) is 21.8 Å². The van der Waals surface area contributed by atoms with Crippen LogP contribution in [0.4, 0.5) is 10.1 Å². The Bertz CT molecular complexity index is 1100. The summed E-state index contributed by atoms with van der Waals surface area (Å²) in [6.45, 7) is 7.58. The van der Waals surface area contributed by atoms with Gasteiger partial charge >= 0.3 is 0 Å². The Labute approximate surface area is 208 Å². The molecule has 0 aliphatic carbocycles. The number of amides is 2. The largest absolute Gasteiger partial charge is 0.350 e. The first-order valence-corrected chi connectivity index (χ1v) is 13.5. The molecule has 0 aromatic heterocycles. The van der Waals surface area contributed by atoms with Crippen LogP contribution in [-0.4, -0.2) is 56.1 Å². The molecule has 0 heterocycles. The van der Waals surface area contributed by atoms with Crippen molar-refractivity contribution >= 4 is 27.5 Å². The SMILES string of the molecule is C[C@@H](C(=O)NC(C)(C)C)N(CCc1ccccc1)C(=O)CCCN(c1ccccc1F)S(C)(=O)=O. The number of carbonyl (C=O) groups excluding carboxylic acids is 2. The van der Waals surface area contributed by atoms with Crippen LogP contribution in [0.1, 0.15) is 46.1 Å². The van der Waals surface area contributed by atoms with Gasteiger partial charge in [-0.25, -0.2) is 12.8 Å². The average Bonchev–Trinajstić information content (AvgIpc) is 2.76. The number of hydrogen-bond donors (Lipinski definition) is 1. The highest BCUT2D eigenvalue weighted by atomic mass is 32.2. The molecule has 0 bridgehead atoms. The van der Waals surface area contributed by atoms with Gasteiger partial charge in [0, 0.05) is 25.0 Å². The maximum Gasteiger partial charge on any atom is 0.242 e. The van der Waals surface area contributed by atoms with Crippen molar-refractivity contribution in [3.8, 4) is 0 Å². The molecule has 35 heavy (non-hydrogen) atoms. The van der Waals surface area contributed by atoms with Gasteiger partial charge in [-0.2, -0.15) is 0 Å². The Morgan fingerprint density at radius 1 is 1.00 bits per heavy atom. The first kappa shape index (κ1) is 28.3. The van der Waals surface area contributed by atoms with E-state index in [0.717, 1.165) is 16.1 Å². The Hall–Kier alpha value is -2.94. The molecule has 0 unspecified atom stereocenters. The molecule has 192 valence electrons. The van der Waals surface area contributed by atoms with Crippen LogP contribution < -0.4 is 9.62 Å². The van der Waals surface area contributed by atoms with Crippen molar-refractivity contribution in [1.82, 2.24) is 10.2 Å². The molecule has 0 radical (unpaired) electrons. The lowest BCUT2D eigenvalue weighted by Crippen LogP contribution is -2.53. The summed E-state index contributed by atoms with van der Waals surface area (Å²) in [7, 11) is -3.75. The standard InChI is InChI=1S/C26H36FN3O4S/c1-20(25(32)28-26(2,3)4)29(19-17-21-12-7-6-8-13-21)24(31)16-11-18-30(35(5,33)34)23-15-10-9-14-22(23)27/h6-10,12-15,20H,11,16-19H2,1-5H3,(H,28,32)/t20-/m0/s1. The molecule has 0 aliphatic rings. The molecule has 0 spiro atoms. The second-order valence-corrected chi connectivity index (χ2v) is 11.5. The fraction of sp³-hybridized carbons (Fsp3) is 0.462. The summed E-state index contributed by atoms with van der Waals surface area (Å²) >= 11 is 0. The minimum absolute atomic E-state index is 0.0163. The van der Waals surface area contributed by atoms with Crippen LogP contribution >= 0.6 is 0 Å². The van der Waals surface area contributed by atoms with Gasteiger partial charge in [-0.15, -0.1) is 0 Å². The fourth-order valence-electron chi connectivity index (χ4n) is 3.68. The number of para-hydroxylation sites is 1. The molecule has 2 aromatic rings. The number of nitrogens with zero attached hydrogens (tertiary/aromatic N) is 2. The van der Waals surface area contributed by atoms with Crippen molar-refractivity contribution in [3.05, 3.63) is 66.0 Å². The molecular formula is C26H36FN3O4S. The van der Waals surface area contributed by atoms with Crippen LogP contribution in [0.25, 0.3) is 0 Å². The third-order valence-electron chi connectivity index (χ3n) is 5.42. The first-order valence-electron chi connectivity index (χ1n) is 11.7. The van der Waals surface area contributed by atoms with E-state index in [1.165, 1.54) is 23.1 Å². The average molecular weight is 506 g/mol. The maximum absolute atomic E-state index is 14.2. The van der Waals surface area contributed by atoms with E-state index in [9.17, 15) is 22.4 Å². The number of benzene rings is 2. The number of nitrogens with one attached hydrogen (secondary N) is 1. The van der Waals surface area contributed by atoms with Crippen molar-refractivity contribution in [1.29, 1.82) is 0 Å². The lowest BCUT2D eigenvalue weighted by atomic mass is 10.1. The van der Waals surface area contributed by atoms with E-state index in [4.69, 9.17) is 0 Å². The zero-order valence-electron chi connectivity index (χ0n) is 21.1. The van der Waals surface area contributed by atoms with Gasteiger partial charge in [0.25, 0.3) is 0 Å². The van der Waals surface area contributed by atoms with E-state index in [0.29, 0.717) is 13.0 Å². The molecule has 2 amide bonds. The lowest BCUT2D eigenvalue weighted by Gasteiger charge is -2.32. The second kappa shape index (κ2) is 12.2. The minimum Gasteiger partial charge on any atom is -0.350 e. The molecule has 1 atom stereocenters. The number of rotatable bonds is 11. The van der Waals surface area contributed by atoms with Crippen molar-refractivity contribution in [3.63, 3.8) is 0 Å². The van der Waals surface area contributed by atoms with E-state index in [1.807, 2.05) is 51.1 Å². The molecule has 1 N–H and O–H groups in total. The third kappa shape index (κ3) is 8.98. The summed E-state index contributed by atoms with van der Waals surface area (Å²) in [5, 5.41) is 2.91. The van der Waals surface area contributed by atoms with Gasteiger partial charge in [0.15, 0.2) is 0 Å². The Morgan fingerprint density at radius 2 is 1.60 bits per heavy atom. The van der Waals surface area contributed by atoms with E-state index < -0.39 is 27.4 Å². The first-order chi connectivity index (χ1) is 16.3. The molecule has 9 heteroatoms. The number of anilines is 1. The second-order valence-electron chi connectivity index (χ2n) is 9.63. The predicted molar refractivity (Wildman–Crippen MR) is 137 cm³/mol.